The van der Waals surface area contributed by atoms with Crippen molar-refractivity contribution in [3.8, 4) is 0 Å². The first kappa shape index (κ1) is 15.5. The van der Waals surface area contributed by atoms with Crippen molar-refractivity contribution in [3.05, 3.63) is 27.4 Å². The van der Waals surface area contributed by atoms with E-state index in [1.165, 1.54) is 0 Å². The Labute approximate surface area is 138 Å². The second-order valence-corrected chi connectivity index (χ2v) is 6.19. The summed E-state index contributed by atoms with van der Waals surface area (Å²) in [5.74, 6) is -0.281. The number of aromatic nitrogens is 1. The van der Waals surface area contributed by atoms with E-state index in [0.29, 0.717) is 29.6 Å². The highest BCUT2D eigenvalue weighted by Crippen LogP contribution is 2.42. The molecule has 118 valence electrons. The van der Waals surface area contributed by atoms with E-state index >= 15 is 0 Å². The molecule has 0 fully saturated rings. The normalized spacial score (nSPS) is 18.0. The maximum absolute atomic E-state index is 12.2. The van der Waals surface area contributed by atoms with Gasteiger partial charge in [0.15, 0.2) is 0 Å². The number of aromatic amines is 1. The van der Waals surface area contributed by atoms with Crippen LogP contribution in [-0.2, 0) is 11.2 Å². The molecule has 0 saturated carbocycles. The number of H-pyrrole nitrogens is 1. The highest BCUT2D eigenvalue weighted by Gasteiger charge is 2.28. The van der Waals surface area contributed by atoms with E-state index in [4.69, 9.17) is 28.3 Å². The van der Waals surface area contributed by atoms with E-state index in [2.05, 4.69) is 15.6 Å². The second kappa shape index (κ2) is 5.99. The van der Waals surface area contributed by atoms with Crippen LogP contribution < -0.4 is 10.6 Å². The SMILES string of the molecule is C[C@H]1C(=O)NCCc2[nH]c3c(Cl)c(Cl)cc(NCCO)c3c21. The lowest BCUT2D eigenvalue weighted by Crippen LogP contribution is -2.26. The first-order valence-electron chi connectivity index (χ1n) is 7.19. The Bertz CT molecular complexity index is 742. The van der Waals surface area contributed by atoms with E-state index in [-0.39, 0.29) is 18.4 Å². The topological polar surface area (TPSA) is 77.2 Å². The van der Waals surface area contributed by atoms with Gasteiger partial charge in [-0.1, -0.05) is 23.2 Å². The molecule has 0 spiro atoms. The monoisotopic (exact) mass is 341 g/mol. The Morgan fingerprint density at radius 1 is 1.45 bits per heavy atom. The summed E-state index contributed by atoms with van der Waals surface area (Å²) < 4.78 is 0. The number of hydrogen-bond acceptors (Lipinski definition) is 3. The molecular formula is C15H17Cl2N3O2. The summed E-state index contributed by atoms with van der Waals surface area (Å²) in [4.78, 5) is 15.5. The van der Waals surface area contributed by atoms with Crippen LogP contribution in [0.1, 0.15) is 24.1 Å². The predicted octanol–water partition coefficient (Wildman–Crippen LogP) is 2.65. The fraction of sp³-hybridized carbons (Fsp3) is 0.400. The molecule has 0 unspecified atom stereocenters. The summed E-state index contributed by atoms with van der Waals surface area (Å²) in [7, 11) is 0. The minimum atomic E-state index is -0.279. The molecule has 0 bridgehead atoms. The second-order valence-electron chi connectivity index (χ2n) is 5.40. The number of amides is 1. The molecule has 1 amide bonds. The zero-order valence-corrected chi connectivity index (χ0v) is 13.6. The number of aliphatic hydroxyl groups excluding tert-OH is 1. The van der Waals surface area contributed by atoms with Crippen LogP contribution in [0, 0.1) is 0 Å². The standard InChI is InChI=1S/C15H17Cl2N3O2/c1-7-11-9(2-3-19-15(7)22)20-14-12(11)10(18-4-5-21)6-8(16)13(14)17/h6-7,18,20-21H,2-5H2,1H3,(H,19,22)/t7-/m1/s1. The molecule has 22 heavy (non-hydrogen) atoms. The Kier molecular flexibility index (Phi) is 4.21. The number of hydrogen-bond donors (Lipinski definition) is 4. The third-order valence-corrected chi connectivity index (χ3v) is 4.81. The minimum absolute atomic E-state index is 0.00108. The third-order valence-electron chi connectivity index (χ3n) is 4.02. The summed E-state index contributed by atoms with van der Waals surface area (Å²) in [5, 5.41) is 16.9. The van der Waals surface area contributed by atoms with Crippen molar-refractivity contribution in [1.29, 1.82) is 0 Å². The van der Waals surface area contributed by atoms with Gasteiger partial charge in [-0.2, -0.15) is 0 Å². The predicted molar refractivity (Wildman–Crippen MR) is 89.0 cm³/mol. The molecule has 1 aromatic heterocycles. The van der Waals surface area contributed by atoms with Crippen LogP contribution in [-0.4, -0.2) is 35.7 Å². The van der Waals surface area contributed by atoms with Gasteiger partial charge in [-0.05, 0) is 18.6 Å². The molecule has 0 aliphatic carbocycles. The number of nitrogens with one attached hydrogen (secondary N) is 3. The maximum atomic E-state index is 12.2. The Hall–Kier alpha value is -1.43. The number of aliphatic hydroxyl groups is 1. The van der Waals surface area contributed by atoms with Crippen molar-refractivity contribution in [2.24, 2.45) is 0 Å². The molecule has 4 N–H and O–H groups in total. The Balaban J connectivity index is 2.29. The largest absolute Gasteiger partial charge is 0.395 e. The lowest BCUT2D eigenvalue weighted by atomic mass is 9.96. The zero-order valence-electron chi connectivity index (χ0n) is 12.1. The number of carbonyl (C=O) groups is 1. The first-order chi connectivity index (χ1) is 10.5. The zero-order chi connectivity index (χ0) is 15.9. The van der Waals surface area contributed by atoms with Crippen molar-refractivity contribution in [1.82, 2.24) is 10.3 Å². The fourth-order valence-corrected chi connectivity index (χ4v) is 3.39. The molecular weight excluding hydrogens is 325 g/mol. The van der Waals surface area contributed by atoms with E-state index in [1.54, 1.807) is 6.07 Å². The van der Waals surface area contributed by atoms with Gasteiger partial charge in [-0.15, -0.1) is 0 Å². The molecule has 2 heterocycles. The molecule has 0 saturated heterocycles. The lowest BCUT2D eigenvalue weighted by molar-refractivity contribution is -0.121. The summed E-state index contributed by atoms with van der Waals surface area (Å²) >= 11 is 12.5. The average molecular weight is 342 g/mol. The molecule has 1 atom stereocenters. The molecule has 2 aromatic rings. The van der Waals surface area contributed by atoms with E-state index in [1.807, 2.05) is 6.92 Å². The number of anilines is 1. The van der Waals surface area contributed by atoms with Crippen LogP contribution in [0.2, 0.25) is 10.0 Å². The Morgan fingerprint density at radius 2 is 2.23 bits per heavy atom. The molecule has 1 aliphatic heterocycles. The van der Waals surface area contributed by atoms with E-state index < -0.39 is 0 Å². The van der Waals surface area contributed by atoms with Gasteiger partial charge in [0.1, 0.15) is 0 Å². The van der Waals surface area contributed by atoms with Gasteiger partial charge in [0.25, 0.3) is 0 Å². The number of fused-ring (bicyclic) bond motifs is 3. The number of carbonyl (C=O) groups excluding carboxylic acids is 1. The van der Waals surface area contributed by atoms with Gasteiger partial charge in [-0.3, -0.25) is 4.79 Å². The van der Waals surface area contributed by atoms with Crippen LogP contribution in [0.4, 0.5) is 5.69 Å². The Morgan fingerprint density at radius 3 is 2.95 bits per heavy atom. The average Bonchev–Trinajstić information content (AvgIpc) is 2.82. The van der Waals surface area contributed by atoms with Gasteiger partial charge in [0, 0.05) is 36.3 Å². The number of benzene rings is 1. The lowest BCUT2D eigenvalue weighted by Gasteiger charge is -2.13. The van der Waals surface area contributed by atoms with Crippen LogP contribution in [0.5, 0.6) is 0 Å². The van der Waals surface area contributed by atoms with Crippen LogP contribution >= 0.6 is 23.2 Å². The highest BCUT2D eigenvalue weighted by atomic mass is 35.5. The van der Waals surface area contributed by atoms with Gasteiger partial charge >= 0.3 is 0 Å². The van der Waals surface area contributed by atoms with Crippen molar-refractivity contribution in [2.45, 2.75) is 19.3 Å². The van der Waals surface area contributed by atoms with Crippen LogP contribution in [0.25, 0.3) is 10.9 Å². The minimum Gasteiger partial charge on any atom is -0.395 e. The first-order valence-corrected chi connectivity index (χ1v) is 7.95. The molecule has 3 rings (SSSR count). The van der Waals surface area contributed by atoms with Crippen molar-refractivity contribution < 1.29 is 9.90 Å². The molecule has 7 heteroatoms. The van der Waals surface area contributed by atoms with Gasteiger partial charge in [0.2, 0.25) is 5.91 Å². The molecule has 5 nitrogen and oxygen atoms in total. The highest BCUT2D eigenvalue weighted by molar-refractivity contribution is 6.45. The number of halogens is 2. The van der Waals surface area contributed by atoms with Crippen LogP contribution in [0.15, 0.2) is 6.07 Å². The van der Waals surface area contributed by atoms with Gasteiger partial charge < -0.3 is 20.7 Å². The van der Waals surface area contributed by atoms with Crippen molar-refractivity contribution in [2.75, 3.05) is 25.0 Å². The van der Waals surface area contributed by atoms with Crippen molar-refractivity contribution in [3.63, 3.8) is 0 Å². The molecule has 0 radical (unpaired) electrons. The van der Waals surface area contributed by atoms with Crippen molar-refractivity contribution >= 4 is 45.7 Å². The van der Waals surface area contributed by atoms with E-state index in [0.717, 1.165) is 27.8 Å². The quantitative estimate of drug-likeness (QED) is 0.693. The molecule has 1 aliphatic rings. The fourth-order valence-electron chi connectivity index (χ4n) is 2.99. The molecule has 1 aromatic carbocycles. The summed E-state index contributed by atoms with van der Waals surface area (Å²) in [6, 6.07) is 1.74. The smallest absolute Gasteiger partial charge is 0.227 e. The maximum Gasteiger partial charge on any atom is 0.227 e. The van der Waals surface area contributed by atoms with Crippen LogP contribution in [0.3, 0.4) is 0 Å². The summed E-state index contributed by atoms with van der Waals surface area (Å²) in [5.41, 5.74) is 3.46. The number of rotatable bonds is 3. The van der Waals surface area contributed by atoms with E-state index in [9.17, 15) is 4.79 Å². The summed E-state index contributed by atoms with van der Waals surface area (Å²) in [6.45, 7) is 2.87. The summed E-state index contributed by atoms with van der Waals surface area (Å²) in [6.07, 6.45) is 0.716. The third kappa shape index (κ3) is 2.43. The van der Waals surface area contributed by atoms with Gasteiger partial charge in [0.05, 0.1) is 28.1 Å². The van der Waals surface area contributed by atoms with Gasteiger partial charge in [-0.25, -0.2) is 0 Å².